The summed E-state index contributed by atoms with van der Waals surface area (Å²) in [6.07, 6.45) is 1.21. The lowest BCUT2D eigenvalue weighted by Gasteiger charge is -2.29. The number of amides is 1. The van der Waals surface area contributed by atoms with Crippen LogP contribution in [0.4, 0.5) is 5.69 Å². The molecule has 0 saturated carbocycles. The molecule has 0 fully saturated rings. The van der Waals surface area contributed by atoms with Gasteiger partial charge in [-0.2, -0.15) is 0 Å². The van der Waals surface area contributed by atoms with E-state index in [1.54, 1.807) is 38.3 Å². The lowest BCUT2D eigenvalue weighted by Crippen LogP contribution is -2.41. The predicted octanol–water partition coefficient (Wildman–Crippen LogP) is 3.20. The third kappa shape index (κ3) is 4.17. The van der Waals surface area contributed by atoms with E-state index in [0.29, 0.717) is 11.4 Å². The van der Waals surface area contributed by atoms with E-state index >= 15 is 0 Å². The van der Waals surface area contributed by atoms with Gasteiger partial charge in [0.2, 0.25) is 5.91 Å². The minimum atomic E-state index is -1.60. The van der Waals surface area contributed by atoms with Crippen LogP contribution in [-0.4, -0.2) is 47.1 Å². The zero-order valence-corrected chi connectivity index (χ0v) is 21.6. The first-order valence-corrected chi connectivity index (χ1v) is 11.9. The van der Waals surface area contributed by atoms with E-state index in [9.17, 15) is 29.4 Å². The molecule has 10 nitrogen and oxygen atoms in total. The van der Waals surface area contributed by atoms with Crippen molar-refractivity contribution in [3.8, 4) is 23.0 Å². The van der Waals surface area contributed by atoms with Crippen LogP contribution in [-0.2, 0) is 19.8 Å². The van der Waals surface area contributed by atoms with Gasteiger partial charge in [-0.1, -0.05) is 0 Å². The number of rotatable bonds is 7. The second-order valence-electron chi connectivity index (χ2n) is 9.34. The number of carbonyl (C=O) groups excluding carboxylic acids is 4. The molecule has 1 amide bonds. The fraction of sp³-hybridized carbons (Fsp3) is 0.286. The molecule has 0 spiro atoms. The second-order valence-corrected chi connectivity index (χ2v) is 9.34. The van der Waals surface area contributed by atoms with Crippen LogP contribution in [0.25, 0.3) is 0 Å². The molecular weight excluding hydrogens is 492 g/mol. The molecule has 10 heteroatoms. The Morgan fingerprint density at radius 1 is 1.08 bits per heavy atom. The molecule has 2 aromatic carbocycles. The van der Waals surface area contributed by atoms with Crippen molar-refractivity contribution < 1.29 is 38.9 Å². The fourth-order valence-electron chi connectivity index (χ4n) is 4.71. The molecule has 1 atom stereocenters. The molecule has 2 aliphatic rings. The molecule has 4 N–H and O–H groups in total. The summed E-state index contributed by atoms with van der Waals surface area (Å²) >= 11 is 0. The van der Waals surface area contributed by atoms with Gasteiger partial charge >= 0.3 is 0 Å². The van der Waals surface area contributed by atoms with Crippen LogP contribution in [0.15, 0.2) is 47.4 Å². The number of benzene rings is 2. The van der Waals surface area contributed by atoms with E-state index < -0.39 is 34.3 Å². The lowest BCUT2D eigenvalue weighted by atomic mass is 9.70. The van der Waals surface area contributed by atoms with Gasteiger partial charge in [0.15, 0.2) is 17.3 Å². The van der Waals surface area contributed by atoms with Crippen LogP contribution in [0.1, 0.15) is 48.7 Å². The van der Waals surface area contributed by atoms with Gasteiger partial charge in [0.05, 0.1) is 18.2 Å². The summed E-state index contributed by atoms with van der Waals surface area (Å²) in [6.45, 7) is 5.83. The van der Waals surface area contributed by atoms with E-state index in [1.165, 1.54) is 20.8 Å². The maximum Gasteiger partial charge on any atom is 0.226 e. The van der Waals surface area contributed by atoms with Crippen molar-refractivity contribution in [1.82, 2.24) is 5.32 Å². The number of fused-ring (bicyclic) bond motifs is 3. The Hall–Kier alpha value is -4.60. The van der Waals surface area contributed by atoms with Crippen molar-refractivity contribution in [1.29, 1.82) is 0 Å². The number of carbonyl (C=O) groups is 4. The second kappa shape index (κ2) is 9.70. The minimum Gasteiger partial charge on any atom is -0.507 e. The van der Waals surface area contributed by atoms with Crippen molar-refractivity contribution in [2.75, 3.05) is 19.0 Å². The van der Waals surface area contributed by atoms with Gasteiger partial charge in [-0.15, -0.1) is 0 Å². The maximum absolute atomic E-state index is 13.8. The fourth-order valence-corrected chi connectivity index (χ4v) is 4.71. The molecule has 0 aromatic heterocycles. The van der Waals surface area contributed by atoms with Crippen LogP contribution in [0, 0.1) is 6.92 Å². The number of hydrogen-bond donors (Lipinski definition) is 4. The van der Waals surface area contributed by atoms with Gasteiger partial charge in [0, 0.05) is 36.0 Å². The molecule has 0 radical (unpaired) electrons. The van der Waals surface area contributed by atoms with Crippen molar-refractivity contribution >= 4 is 28.9 Å². The Labute approximate surface area is 218 Å². The molecular formula is C28H28N2O8. The number of anilines is 1. The Bertz CT molecular complexity index is 1450. The molecule has 1 aliphatic carbocycles. The number of allylic oxidation sites excluding steroid dienone is 4. The summed E-state index contributed by atoms with van der Waals surface area (Å²) in [5.41, 5.74) is -1.03. The van der Waals surface area contributed by atoms with Gasteiger partial charge in [-0.3, -0.25) is 19.2 Å². The number of ether oxygens (including phenoxy) is 2. The highest BCUT2D eigenvalue weighted by Crippen LogP contribution is 2.57. The zero-order chi connectivity index (χ0) is 27.9. The largest absolute Gasteiger partial charge is 0.507 e. The quantitative estimate of drug-likeness (QED) is 0.245. The summed E-state index contributed by atoms with van der Waals surface area (Å²) in [6, 6.07) is 6.85. The number of aromatic hydroxyl groups is 2. The SMILES string of the molecule is COc1ccc(NC(=O)CCN/C(C)=C2\C(=O)C=C3Oc4c(C(C)=O)c(O)c(C)c(O)c4[C@@]3(C)C2=O)cc1. The number of nitrogens with one attached hydrogen (secondary N) is 2. The predicted molar refractivity (Wildman–Crippen MR) is 138 cm³/mol. The Balaban J connectivity index is 1.58. The maximum atomic E-state index is 13.8. The van der Waals surface area contributed by atoms with Crippen molar-refractivity contribution in [3.05, 3.63) is 64.1 Å². The third-order valence-electron chi connectivity index (χ3n) is 6.88. The highest BCUT2D eigenvalue weighted by molar-refractivity contribution is 6.31. The standard InChI is InChI=1S/C28H28N2O8/c1-13-24(34)22(15(3)31)26-23(25(13)35)28(4)19(38-26)12-18(32)21(27(28)36)14(2)29-11-10-20(33)30-16-6-8-17(37-5)9-7-16/h6-9,12,29,34-35H,10-11H2,1-5H3,(H,30,33)/b21-14+/t28-/m0/s1. The van der Waals surface area contributed by atoms with Gasteiger partial charge in [0.1, 0.15) is 39.7 Å². The average Bonchev–Trinajstić information content (AvgIpc) is 3.15. The highest BCUT2D eigenvalue weighted by atomic mass is 16.5. The van der Waals surface area contributed by atoms with Crippen LogP contribution in [0.3, 0.4) is 0 Å². The summed E-state index contributed by atoms with van der Waals surface area (Å²) in [5, 5.41) is 27.0. The Kier molecular flexibility index (Phi) is 6.75. The first-order valence-electron chi connectivity index (χ1n) is 11.9. The number of Topliss-reactive ketones (excluding diaryl/α,β-unsaturated/α-hetero) is 2. The average molecular weight is 521 g/mol. The smallest absolute Gasteiger partial charge is 0.226 e. The van der Waals surface area contributed by atoms with Gasteiger partial charge in [0.25, 0.3) is 0 Å². The van der Waals surface area contributed by atoms with Crippen LogP contribution >= 0.6 is 0 Å². The Morgan fingerprint density at radius 3 is 2.34 bits per heavy atom. The zero-order valence-electron chi connectivity index (χ0n) is 21.6. The van der Waals surface area contributed by atoms with E-state index in [0.717, 1.165) is 6.08 Å². The topological polar surface area (TPSA) is 151 Å². The van der Waals surface area contributed by atoms with E-state index in [-0.39, 0.29) is 58.3 Å². The number of ketones is 3. The number of methoxy groups -OCH3 is 1. The number of phenolic OH excluding ortho intramolecular Hbond substituents is 2. The summed E-state index contributed by atoms with van der Waals surface area (Å²) in [7, 11) is 1.55. The van der Waals surface area contributed by atoms with Crippen molar-refractivity contribution in [2.24, 2.45) is 0 Å². The highest BCUT2D eigenvalue weighted by Gasteiger charge is 2.56. The van der Waals surface area contributed by atoms with Crippen LogP contribution in [0.2, 0.25) is 0 Å². The normalized spacial score (nSPS) is 19.1. The first kappa shape index (κ1) is 26.5. The van der Waals surface area contributed by atoms with Crippen LogP contribution in [0.5, 0.6) is 23.0 Å². The molecule has 198 valence electrons. The van der Waals surface area contributed by atoms with E-state index in [4.69, 9.17) is 9.47 Å². The Morgan fingerprint density at radius 2 is 1.74 bits per heavy atom. The van der Waals surface area contributed by atoms with E-state index in [1.807, 2.05) is 0 Å². The van der Waals surface area contributed by atoms with Gasteiger partial charge in [-0.05, 0) is 52.0 Å². The van der Waals surface area contributed by atoms with Gasteiger partial charge < -0.3 is 30.3 Å². The molecule has 2 aromatic rings. The molecule has 0 saturated heterocycles. The van der Waals surface area contributed by atoms with Crippen molar-refractivity contribution in [2.45, 2.75) is 39.5 Å². The lowest BCUT2D eigenvalue weighted by molar-refractivity contribution is -0.123. The molecule has 4 rings (SSSR count). The third-order valence-corrected chi connectivity index (χ3v) is 6.88. The molecule has 0 bridgehead atoms. The first-order chi connectivity index (χ1) is 17.9. The van der Waals surface area contributed by atoms with Crippen LogP contribution < -0.4 is 20.1 Å². The van der Waals surface area contributed by atoms with Gasteiger partial charge in [-0.25, -0.2) is 0 Å². The number of hydrogen-bond acceptors (Lipinski definition) is 9. The molecule has 0 unspecified atom stereocenters. The molecule has 1 heterocycles. The molecule has 38 heavy (non-hydrogen) atoms. The van der Waals surface area contributed by atoms with Crippen molar-refractivity contribution in [3.63, 3.8) is 0 Å². The number of phenols is 2. The minimum absolute atomic E-state index is 0.0194. The monoisotopic (exact) mass is 520 g/mol. The molecule has 1 aliphatic heterocycles. The summed E-state index contributed by atoms with van der Waals surface area (Å²) in [5.74, 6) is -2.42. The van der Waals surface area contributed by atoms with E-state index in [2.05, 4.69) is 10.6 Å². The summed E-state index contributed by atoms with van der Waals surface area (Å²) < 4.78 is 10.8. The summed E-state index contributed by atoms with van der Waals surface area (Å²) in [4.78, 5) is 51.4.